The van der Waals surface area contributed by atoms with Crippen LogP contribution in [-0.4, -0.2) is 40.8 Å². The molecule has 0 aliphatic carbocycles. The maximum Gasteiger partial charge on any atom is 0.338 e. The van der Waals surface area contributed by atoms with Gasteiger partial charge in [0.05, 0.1) is 48.4 Å². The van der Waals surface area contributed by atoms with Crippen LogP contribution in [0.25, 0.3) is 6.08 Å². The molecule has 1 atom stereocenters. The molecule has 0 unspecified atom stereocenters. The van der Waals surface area contributed by atoms with Gasteiger partial charge in [-0.25, -0.2) is 14.8 Å². The Labute approximate surface area is 254 Å². The van der Waals surface area contributed by atoms with E-state index < -0.39 is 17.8 Å². The molecule has 0 spiro atoms. The number of halogens is 2. The summed E-state index contributed by atoms with van der Waals surface area (Å²) >= 11 is 6.98. The molecule has 1 aliphatic heterocycles. The van der Waals surface area contributed by atoms with Crippen molar-refractivity contribution < 1.29 is 28.1 Å². The molecular formula is C30H26ClFN4O6S. The molecule has 0 N–H and O–H groups in total. The van der Waals surface area contributed by atoms with E-state index in [9.17, 15) is 14.0 Å². The van der Waals surface area contributed by atoms with Gasteiger partial charge in [0.1, 0.15) is 5.75 Å². The largest absolute Gasteiger partial charge is 0.494 e. The Morgan fingerprint density at radius 1 is 1.14 bits per heavy atom. The second-order valence-electron chi connectivity index (χ2n) is 9.11. The molecule has 13 heteroatoms. The molecule has 0 bridgehead atoms. The summed E-state index contributed by atoms with van der Waals surface area (Å²) in [6.45, 7) is 6.00. The minimum atomic E-state index is -0.813. The summed E-state index contributed by atoms with van der Waals surface area (Å²) in [7, 11) is 1.44. The summed E-state index contributed by atoms with van der Waals surface area (Å²) in [4.78, 5) is 39.4. The normalized spacial score (nSPS) is 14.7. The summed E-state index contributed by atoms with van der Waals surface area (Å²) in [5, 5.41) is -0.188. The Morgan fingerprint density at radius 2 is 1.91 bits per heavy atom. The minimum absolute atomic E-state index is 0.144. The summed E-state index contributed by atoms with van der Waals surface area (Å²) < 4.78 is 38.1. The van der Waals surface area contributed by atoms with Gasteiger partial charge in [-0.2, -0.15) is 9.37 Å². The molecule has 0 saturated heterocycles. The molecule has 0 fully saturated rings. The predicted octanol–water partition coefficient (Wildman–Crippen LogP) is 4.58. The standard InChI is InChI=1S/C30H26ClFN4O6S/c1-5-40-19-10-8-18(9-11-19)25-24(28(38)41-6-2)16(3)34-30-36(25)27(37)23(43-30)14-17-7-12-21(39-4)22(13-17)42-26-20(32)15-33-29(31)35-26/h7-15,25H,5-6H2,1-4H3/b23-14-/t25-/m0/s1. The third-order valence-electron chi connectivity index (χ3n) is 6.40. The number of fused-ring (bicyclic) bond motifs is 1. The lowest BCUT2D eigenvalue weighted by Crippen LogP contribution is -2.39. The fourth-order valence-electron chi connectivity index (χ4n) is 4.54. The van der Waals surface area contributed by atoms with Gasteiger partial charge in [0.2, 0.25) is 11.1 Å². The second kappa shape index (κ2) is 12.8. The number of esters is 1. The van der Waals surface area contributed by atoms with Crippen molar-refractivity contribution in [2.75, 3.05) is 20.3 Å². The fraction of sp³-hybridized carbons (Fsp3) is 0.233. The van der Waals surface area contributed by atoms with E-state index in [2.05, 4.69) is 15.0 Å². The quantitative estimate of drug-likeness (QED) is 0.196. The Kier molecular flexibility index (Phi) is 8.88. The van der Waals surface area contributed by atoms with Crippen molar-refractivity contribution >= 4 is 35.0 Å². The van der Waals surface area contributed by atoms with Crippen molar-refractivity contribution in [2.24, 2.45) is 4.99 Å². The Balaban J connectivity index is 1.62. The zero-order valence-electron chi connectivity index (χ0n) is 23.6. The van der Waals surface area contributed by atoms with Gasteiger partial charge >= 0.3 is 5.97 Å². The van der Waals surface area contributed by atoms with Crippen LogP contribution in [0.1, 0.15) is 37.9 Å². The van der Waals surface area contributed by atoms with Gasteiger partial charge in [0, 0.05) is 0 Å². The SMILES string of the molecule is CCOC(=O)C1=C(C)N=c2s/c(=C\c3ccc(OC)c(Oc4nc(Cl)ncc4F)c3)c(=O)n2[C@H]1c1ccc(OCC)cc1. The lowest BCUT2D eigenvalue weighted by atomic mass is 9.96. The minimum Gasteiger partial charge on any atom is -0.494 e. The number of aromatic nitrogens is 3. The van der Waals surface area contributed by atoms with Crippen LogP contribution < -0.4 is 29.1 Å². The molecule has 0 amide bonds. The number of nitrogens with zero attached hydrogens (tertiary/aromatic N) is 4. The van der Waals surface area contributed by atoms with Crippen molar-refractivity contribution in [2.45, 2.75) is 26.8 Å². The number of thiazole rings is 1. The van der Waals surface area contributed by atoms with E-state index in [0.717, 1.165) is 6.20 Å². The first-order valence-electron chi connectivity index (χ1n) is 13.2. The van der Waals surface area contributed by atoms with Gasteiger partial charge in [-0.1, -0.05) is 29.5 Å². The molecule has 1 aliphatic rings. The van der Waals surface area contributed by atoms with Crippen molar-refractivity contribution in [3.8, 4) is 23.1 Å². The number of benzene rings is 2. The van der Waals surface area contributed by atoms with Crippen LogP contribution in [0.15, 0.2) is 69.7 Å². The highest BCUT2D eigenvalue weighted by atomic mass is 35.5. The van der Waals surface area contributed by atoms with E-state index in [0.29, 0.717) is 44.3 Å². The molecule has 0 saturated carbocycles. The average molecular weight is 625 g/mol. The number of rotatable bonds is 9. The number of carbonyl (C=O) groups excluding carboxylic acids is 1. The molecule has 5 rings (SSSR count). The Bertz CT molecular complexity index is 1910. The maximum absolute atomic E-state index is 14.3. The smallest absolute Gasteiger partial charge is 0.338 e. The molecule has 43 heavy (non-hydrogen) atoms. The lowest BCUT2D eigenvalue weighted by molar-refractivity contribution is -0.139. The first-order valence-corrected chi connectivity index (χ1v) is 14.4. The van der Waals surface area contributed by atoms with E-state index in [1.807, 2.05) is 19.1 Å². The number of carbonyl (C=O) groups is 1. The van der Waals surface area contributed by atoms with Gasteiger partial charge < -0.3 is 18.9 Å². The van der Waals surface area contributed by atoms with Gasteiger partial charge in [0.25, 0.3) is 11.4 Å². The molecule has 222 valence electrons. The number of hydrogen-bond acceptors (Lipinski definition) is 10. The zero-order chi connectivity index (χ0) is 30.7. The predicted molar refractivity (Wildman–Crippen MR) is 158 cm³/mol. The first-order chi connectivity index (χ1) is 20.7. The van der Waals surface area contributed by atoms with Crippen molar-refractivity contribution in [1.29, 1.82) is 0 Å². The molecular weight excluding hydrogens is 599 g/mol. The van der Waals surface area contributed by atoms with E-state index in [1.165, 1.54) is 23.0 Å². The highest BCUT2D eigenvalue weighted by molar-refractivity contribution is 7.07. The monoisotopic (exact) mass is 624 g/mol. The Hall–Kier alpha value is -4.55. The first kappa shape index (κ1) is 29.9. The van der Waals surface area contributed by atoms with Gasteiger partial charge in [-0.15, -0.1) is 0 Å². The summed E-state index contributed by atoms with van der Waals surface area (Å²) in [5.74, 6) is -0.632. The third-order valence-corrected chi connectivity index (χ3v) is 7.56. The molecule has 2 aromatic heterocycles. The van der Waals surface area contributed by atoms with E-state index in [-0.39, 0.29) is 34.7 Å². The second-order valence-corrected chi connectivity index (χ2v) is 10.5. The summed E-state index contributed by atoms with van der Waals surface area (Å²) in [6.07, 6.45) is 2.55. The van der Waals surface area contributed by atoms with Crippen LogP contribution in [0.5, 0.6) is 23.1 Å². The van der Waals surface area contributed by atoms with Crippen LogP contribution in [0.2, 0.25) is 5.28 Å². The van der Waals surface area contributed by atoms with Crippen LogP contribution >= 0.6 is 22.9 Å². The van der Waals surface area contributed by atoms with Crippen LogP contribution in [-0.2, 0) is 9.53 Å². The summed E-state index contributed by atoms with van der Waals surface area (Å²) in [6, 6.07) is 11.3. The average Bonchev–Trinajstić information content (AvgIpc) is 3.29. The zero-order valence-corrected chi connectivity index (χ0v) is 25.2. The van der Waals surface area contributed by atoms with Gasteiger partial charge in [-0.3, -0.25) is 9.36 Å². The van der Waals surface area contributed by atoms with E-state index in [4.69, 9.17) is 30.5 Å². The molecule has 0 radical (unpaired) electrons. The number of hydrogen-bond donors (Lipinski definition) is 0. The van der Waals surface area contributed by atoms with Crippen molar-refractivity contribution in [1.82, 2.24) is 14.5 Å². The highest BCUT2D eigenvalue weighted by Gasteiger charge is 2.33. The van der Waals surface area contributed by atoms with E-state index >= 15 is 0 Å². The molecule has 10 nitrogen and oxygen atoms in total. The van der Waals surface area contributed by atoms with E-state index in [1.54, 1.807) is 50.3 Å². The maximum atomic E-state index is 14.3. The highest BCUT2D eigenvalue weighted by Crippen LogP contribution is 2.34. The number of ether oxygens (including phenoxy) is 4. The Morgan fingerprint density at radius 3 is 2.60 bits per heavy atom. The molecule has 4 aromatic rings. The van der Waals surface area contributed by atoms with Crippen molar-refractivity contribution in [3.63, 3.8) is 0 Å². The van der Waals surface area contributed by atoms with Crippen LogP contribution in [0.4, 0.5) is 4.39 Å². The number of allylic oxidation sites excluding steroid dienone is 1. The fourth-order valence-corrected chi connectivity index (χ4v) is 5.71. The van der Waals surface area contributed by atoms with Crippen LogP contribution in [0.3, 0.4) is 0 Å². The molecule has 3 heterocycles. The summed E-state index contributed by atoms with van der Waals surface area (Å²) in [5.41, 5.74) is 1.62. The third kappa shape index (κ3) is 6.15. The van der Waals surface area contributed by atoms with Gasteiger partial charge in [0.15, 0.2) is 16.3 Å². The van der Waals surface area contributed by atoms with Crippen molar-refractivity contribution in [3.05, 3.63) is 102 Å². The topological polar surface area (TPSA) is 114 Å². The van der Waals surface area contributed by atoms with Gasteiger partial charge in [-0.05, 0) is 73.8 Å². The van der Waals surface area contributed by atoms with Crippen LogP contribution in [0, 0.1) is 5.82 Å². The lowest BCUT2D eigenvalue weighted by Gasteiger charge is -2.24. The number of methoxy groups -OCH3 is 1. The molecule has 2 aromatic carbocycles.